The minimum absolute atomic E-state index is 0.0572. The van der Waals surface area contributed by atoms with Crippen molar-refractivity contribution in [1.82, 2.24) is 0 Å². The molecule has 5 heteroatoms. The standard InChI is InChI=1S/C24H30NO3P/c1-17-13-18(2)22(19(3)14-17)25-23(27)24(11-12-24)29(4,5)16-21(26)28-15-20-9-7-6-8-10-20/h6-10,13-14H,11-12,15-16H2,1-5H3/p+1. The summed E-state index contributed by atoms with van der Waals surface area (Å²) in [5.74, 6) is -0.157. The third-order valence-corrected chi connectivity index (χ3v) is 10.0. The number of aryl methyl sites for hydroxylation is 3. The SMILES string of the molecule is Cc1cc(C)c(NC(=O)C2([P+](C)(C)CC(=O)OCc3ccccc3)CC2)c(C)c1. The number of hydrogen-bond donors (Lipinski definition) is 1. The van der Waals surface area contributed by atoms with E-state index in [1.54, 1.807) is 0 Å². The van der Waals surface area contributed by atoms with E-state index in [9.17, 15) is 9.59 Å². The van der Waals surface area contributed by atoms with E-state index in [1.807, 2.05) is 44.2 Å². The highest BCUT2D eigenvalue weighted by atomic mass is 31.2. The third kappa shape index (κ3) is 4.70. The average Bonchev–Trinajstić information content (AvgIpc) is 3.46. The lowest BCUT2D eigenvalue weighted by Crippen LogP contribution is -2.35. The molecule has 0 radical (unpaired) electrons. The predicted molar refractivity (Wildman–Crippen MR) is 121 cm³/mol. The van der Waals surface area contributed by atoms with Crippen LogP contribution in [-0.4, -0.2) is 36.5 Å². The van der Waals surface area contributed by atoms with Crippen molar-refractivity contribution in [3.63, 3.8) is 0 Å². The highest BCUT2D eigenvalue weighted by molar-refractivity contribution is 7.78. The molecule has 1 fully saturated rings. The number of anilines is 1. The smallest absolute Gasteiger partial charge is 0.344 e. The van der Waals surface area contributed by atoms with Crippen molar-refractivity contribution in [2.45, 2.75) is 45.4 Å². The molecule has 3 rings (SSSR count). The van der Waals surface area contributed by atoms with Crippen LogP contribution >= 0.6 is 7.26 Å². The van der Waals surface area contributed by atoms with Gasteiger partial charge in [-0.1, -0.05) is 48.0 Å². The van der Waals surface area contributed by atoms with Gasteiger partial charge in [-0.15, -0.1) is 0 Å². The second-order valence-corrected chi connectivity index (χ2v) is 13.3. The second-order valence-electron chi connectivity index (χ2n) is 8.75. The van der Waals surface area contributed by atoms with Gasteiger partial charge >= 0.3 is 5.97 Å². The number of amides is 1. The highest BCUT2D eigenvalue weighted by Crippen LogP contribution is 2.74. The van der Waals surface area contributed by atoms with Crippen molar-refractivity contribution in [3.8, 4) is 0 Å². The normalized spacial score (nSPS) is 14.9. The van der Waals surface area contributed by atoms with Crippen molar-refractivity contribution in [1.29, 1.82) is 0 Å². The monoisotopic (exact) mass is 412 g/mol. The van der Waals surface area contributed by atoms with Gasteiger partial charge in [-0.05, 0) is 37.5 Å². The largest absolute Gasteiger partial charge is 0.458 e. The summed E-state index contributed by atoms with van der Waals surface area (Å²) in [5.41, 5.74) is 5.21. The molecule has 1 aliphatic rings. The molecular weight excluding hydrogens is 381 g/mol. The molecule has 1 aliphatic carbocycles. The zero-order valence-electron chi connectivity index (χ0n) is 18.0. The molecule has 0 heterocycles. The molecule has 0 atom stereocenters. The van der Waals surface area contributed by atoms with Gasteiger partial charge in [0.15, 0.2) is 11.3 Å². The number of ether oxygens (including phenoxy) is 1. The molecule has 0 aliphatic heterocycles. The van der Waals surface area contributed by atoms with Crippen molar-refractivity contribution >= 4 is 24.8 Å². The zero-order chi connectivity index (χ0) is 21.2. The molecule has 29 heavy (non-hydrogen) atoms. The number of benzene rings is 2. The first kappa shape index (κ1) is 21.5. The molecule has 1 saturated carbocycles. The van der Waals surface area contributed by atoms with Crippen molar-refractivity contribution in [2.24, 2.45) is 0 Å². The van der Waals surface area contributed by atoms with Crippen molar-refractivity contribution < 1.29 is 14.3 Å². The number of nitrogens with one attached hydrogen (secondary N) is 1. The maximum absolute atomic E-state index is 13.3. The summed E-state index contributed by atoms with van der Waals surface area (Å²) in [6, 6.07) is 13.8. The zero-order valence-corrected chi connectivity index (χ0v) is 18.9. The van der Waals surface area contributed by atoms with E-state index in [1.165, 1.54) is 5.56 Å². The summed E-state index contributed by atoms with van der Waals surface area (Å²) < 4.78 is 5.49. The molecule has 0 saturated heterocycles. The van der Waals surface area contributed by atoms with Crippen LogP contribution in [-0.2, 0) is 20.9 Å². The van der Waals surface area contributed by atoms with Crippen molar-refractivity contribution in [2.75, 3.05) is 24.8 Å². The first-order valence-electron chi connectivity index (χ1n) is 10.1. The first-order chi connectivity index (χ1) is 13.6. The van der Waals surface area contributed by atoms with Crippen LogP contribution in [0.4, 0.5) is 5.69 Å². The van der Waals surface area contributed by atoms with Gasteiger partial charge in [0.25, 0.3) is 5.91 Å². The molecule has 0 spiro atoms. The number of carbonyl (C=O) groups is 2. The first-order valence-corrected chi connectivity index (χ1v) is 12.9. The number of rotatable bonds is 7. The Balaban J connectivity index is 1.66. The van der Waals surface area contributed by atoms with E-state index in [2.05, 4.69) is 37.7 Å². The summed E-state index contributed by atoms with van der Waals surface area (Å²) in [6.07, 6.45) is 2.02. The van der Waals surface area contributed by atoms with Crippen LogP contribution in [0.5, 0.6) is 0 Å². The Hall–Kier alpha value is -2.19. The molecule has 4 nitrogen and oxygen atoms in total. The maximum Gasteiger partial charge on any atom is 0.344 e. The van der Waals surface area contributed by atoms with E-state index in [4.69, 9.17) is 4.74 Å². The topological polar surface area (TPSA) is 55.4 Å². The minimum Gasteiger partial charge on any atom is -0.458 e. The fraction of sp³-hybridized carbons (Fsp3) is 0.417. The molecule has 0 bridgehead atoms. The molecule has 154 valence electrons. The number of hydrogen-bond acceptors (Lipinski definition) is 3. The van der Waals surface area contributed by atoms with Crippen molar-refractivity contribution in [3.05, 3.63) is 64.7 Å². The van der Waals surface area contributed by atoms with E-state index in [0.29, 0.717) is 6.16 Å². The maximum atomic E-state index is 13.3. The van der Waals surface area contributed by atoms with Gasteiger partial charge in [0.05, 0.1) is 13.3 Å². The second kappa shape index (κ2) is 8.28. The van der Waals surface area contributed by atoms with E-state index >= 15 is 0 Å². The summed E-state index contributed by atoms with van der Waals surface area (Å²) >= 11 is 0. The Morgan fingerprint density at radius 2 is 1.62 bits per heavy atom. The van der Waals surface area contributed by atoms with Gasteiger partial charge in [-0.2, -0.15) is 0 Å². The summed E-state index contributed by atoms with van der Waals surface area (Å²) in [6.45, 7) is 10.6. The van der Waals surface area contributed by atoms with Crippen LogP contribution in [0.15, 0.2) is 42.5 Å². The molecular formula is C24H31NO3P+. The molecule has 1 amide bonds. The molecule has 1 N–H and O–H groups in total. The van der Waals surface area contributed by atoms with Crippen LogP contribution < -0.4 is 5.32 Å². The van der Waals surface area contributed by atoms with Gasteiger partial charge in [0.2, 0.25) is 0 Å². The molecule has 2 aromatic carbocycles. The Kier molecular flexibility index (Phi) is 6.14. The Morgan fingerprint density at radius 1 is 1.03 bits per heavy atom. The van der Waals surface area contributed by atoms with Gasteiger partial charge in [-0.25, -0.2) is 4.79 Å². The van der Waals surface area contributed by atoms with Crippen LogP contribution in [0.3, 0.4) is 0 Å². The minimum atomic E-state index is -1.83. The quantitative estimate of drug-likeness (QED) is 0.508. The average molecular weight is 412 g/mol. The van der Waals surface area contributed by atoms with Crippen LogP contribution in [0, 0.1) is 20.8 Å². The lowest BCUT2D eigenvalue weighted by molar-refractivity contribution is -0.141. The van der Waals surface area contributed by atoms with Crippen LogP contribution in [0.2, 0.25) is 0 Å². The Labute approximate surface area is 174 Å². The van der Waals surface area contributed by atoms with Gasteiger partial charge < -0.3 is 10.1 Å². The molecule has 0 aromatic heterocycles. The van der Waals surface area contributed by atoms with Crippen LogP contribution in [0.1, 0.15) is 35.1 Å². The lowest BCUT2D eigenvalue weighted by Gasteiger charge is -2.27. The van der Waals surface area contributed by atoms with E-state index in [0.717, 1.165) is 35.2 Å². The fourth-order valence-corrected chi connectivity index (χ4v) is 7.06. The van der Waals surface area contributed by atoms with Gasteiger partial charge in [-0.3, -0.25) is 4.79 Å². The summed E-state index contributed by atoms with van der Waals surface area (Å²) in [4.78, 5) is 25.8. The van der Waals surface area contributed by atoms with E-state index < -0.39 is 12.4 Å². The number of carbonyl (C=O) groups excluding carboxylic acids is 2. The summed E-state index contributed by atoms with van der Waals surface area (Å²) in [5, 5.41) is 2.77. The third-order valence-electron chi connectivity index (χ3n) is 5.99. The fourth-order valence-electron chi connectivity index (χ4n) is 4.09. The highest BCUT2D eigenvalue weighted by Gasteiger charge is 2.67. The lowest BCUT2D eigenvalue weighted by atomic mass is 10.0. The predicted octanol–water partition coefficient (Wildman–Crippen LogP) is 5.10. The Bertz CT molecular complexity index is 894. The summed E-state index contributed by atoms with van der Waals surface area (Å²) in [7, 11) is -1.83. The number of esters is 1. The molecule has 0 unspecified atom stereocenters. The Morgan fingerprint density at radius 3 is 2.17 bits per heavy atom. The molecule has 2 aromatic rings. The van der Waals surface area contributed by atoms with Crippen LogP contribution in [0.25, 0.3) is 0 Å². The van der Waals surface area contributed by atoms with Gasteiger partial charge in [0, 0.05) is 25.8 Å². The van der Waals surface area contributed by atoms with Gasteiger partial charge in [0.1, 0.15) is 6.61 Å². The van der Waals surface area contributed by atoms with E-state index in [-0.39, 0.29) is 18.5 Å².